The van der Waals surface area contributed by atoms with Gasteiger partial charge in [0.2, 0.25) is 0 Å². The maximum Gasteiger partial charge on any atom is 0.408 e. The van der Waals surface area contributed by atoms with Crippen LogP contribution in [0, 0.1) is 18.8 Å². The van der Waals surface area contributed by atoms with Crippen molar-refractivity contribution < 1.29 is 24.2 Å². The molecular formula is C36H43N3O5. The van der Waals surface area contributed by atoms with Crippen molar-refractivity contribution in [3.63, 3.8) is 0 Å². The van der Waals surface area contributed by atoms with Gasteiger partial charge in [-0.25, -0.2) is 4.79 Å². The van der Waals surface area contributed by atoms with E-state index >= 15 is 0 Å². The molecule has 3 aliphatic rings. The molecule has 2 aromatic carbocycles. The number of rotatable bonds is 6. The number of carboxylic acid groups (broad SMARTS) is 1. The number of aliphatic hydroxyl groups is 1. The topological polar surface area (TPSA) is 99.2 Å². The zero-order chi connectivity index (χ0) is 31.3. The fraction of sp³-hybridized carbons (Fsp3) is 0.500. The van der Waals surface area contributed by atoms with Crippen molar-refractivity contribution in [1.29, 1.82) is 0 Å². The second-order valence-electron chi connectivity index (χ2n) is 14.9. The second-order valence-corrected chi connectivity index (χ2v) is 14.9. The minimum absolute atomic E-state index is 0.0686. The lowest BCUT2D eigenvalue weighted by Crippen LogP contribution is -2.55. The van der Waals surface area contributed by atoms with E-state index in [4.69, 9.17) is 4.42 Å². The molecule has 3 fully saturated rings. The van der Waals surface area contributed by atoms with E-state index in [1.165, 1.54) is 12.8 Å². The maximum atomic E-state index is 13.9. The number of aryl methyl sites for hydroxylation is 1. The van der Waals surface area contributed by atoms with Gasteiger partial charge >= 0.3 is 6.09 Å². The van der Waals surface area contributed by atoms with Gasteiger partial charge in [0.15, 0.2) is 5.76 Å². The zero-order valence-corrected chi connectivity index (χ0v) is 26.6. The molecule has 7 rings (SSSR count). The van der Waals surface area contributed by atoms with Crippen LogP contribution in [-0.2, 0) is 12.1 Å². The number of nitrogens with zero attached hydrogens (tertiary/aromatic N) is 3. The highest BCUT2D eigenvalue weighted by atomic mass is 16.4. The van der Waals surface area contributed by atoms with Crippen LogP contribution in [0.25, 0.3) is 33.3 Å². The van der Waals surface area contributed by atoms with E-state index in [1.807, 2.05) is 63.8 Å². The average Bonchev–Trinajstić information content (AvgIpc) is 3.28. The third-order valence-electron chi connectivity index (χ3n) is 10.2. The van der Waals surface area contributed by atoms with Crippen LogP contribution in [0.5, 0.6) is 0 Å². The minimum Gasteiger partial charge on any atom is -0.465 e. The van der Waals surface area contributed by atoms with Gasteiger partial charge in [0.25, 0.3) is 5.91 Å². The SMILES string of the molecule is Cc1c(-c2cc3ccc(C(C)(C)O)cc3n2CC2CC2)oc2cc(C(=O)N3CC4CCC3[C@@H]4N(C(=O)O)C(C)(C)C)ccc12. The molecular weight excluding hydrogens is 554 g/mol. The number of carbonyl (C=O) groups excluding carboxylic acids is 1. The first-order valence-electron chi connectivity index (χ1n) is 16.0. The predicted octanol–water partition coefficient (Wildman–Crippen LogP) is 7.38. The summed E-state index contributed by atoms with van der Waals surface area (Å²) in [4.78, 5) is 29.7. The Morgan fingerprint density at radius 1 is 1.00 bits per heavy atom. The van der Waals surface area contributed by atoms with E-state index in [0.29, 0.717) is 23.6 Å². The Morgan fingerprint density at radius 2 is 1.75 bits per heavy atom. The lowest BCUT2D eigenvalue weighted by molar-refractivity contribution is 0.0503. The Morgan fingerprint density at radius 3 is 2.41 bits per heavy atom. The summed E-state index contributed by atoms with van der Waals surface area (Å²) in [5, 5.41) is 22.9. The number of likely N-dealkylation sites (tertiary alicyclic amines) is 1. The number of piperidine rings is 1. The first kappa shape index (κ1) is 29.0. The Hall–Kier alpha value is -3.78. The summed E-state index contributed by atoms with van der Waals surface area (Å²) in [5.74, 6) is 1.51. The number of fused-ring (bicyclic) bond motifs is 4. The predicted molar refractivity (Wildman–Crippen MR) is 171 cm³/mol. The van der Waals surface area contributed by atoms with Gasteiger partial charge in [-0.15, -0.1) is 0 Å². The molecule has 232 valence electrons. The summed E-state index contributed by atoms with van der Waals surface area (Å²) < 4.78 is 8.92. The van der Waals surface area contributed by atoms with Crippen molar-refractivity contribution in [2.45, 2.75) is 97.0 Å². The van der Waals surface area contributed by atoms with Gasteiger partial charge in [-0.05, 0) is 109 Å². The maximum absolute atomic E-state index is 13.9. The molecule has 2 aromatic heterocycles. The fourth-order valence-electron chi connectivity index (χ4n) is 7.79. The largest absolute Gasteiger partial charge is 0.465 e. The molecule has 1 saturated heterocycles. The quantitative estimate of drug-likeness (QED) is 0.242. The van der Waals surface area contributed by atoms with Crippen molar-refractivity contribution in [2.24, 2.45) is 11.8 Å². The van der Waals surface area contributed by atoms with E-state index in [0.717, 1.165) is 58.3 Å². The molecule has 0 radical (unpaired) electrons. The van der Waals surface area contributed by atoms with Gasteiger partial charge in [-0.2, -0.15) is 0 Å². The molecule has 2 N–H and O–H groups in total. The Labute approximate surface area is 258 Å². The summed E-state index contributed by atoms with van der Waals surface area (Å²) in [7, 11) is 0. The van der Waals surface area contributed by atoms with Crippen LogP contribution in [0.1, 0.15) is 81.8 Å². The van der Waals surface area contributed by atoms with Gasteiger partial charge in [-0.1, -0.05) is 18.2 Å². The number of hydrogen-bond donors (Lipinski definition) is 2. The summed E-state index contributed by atoms with van der Waals surface area (Å²) >= 11 is 0. The third kappa shape index (κ3) is 4.69. The van der Waals surface area contributed by atoms with E-state index in [-0.39, 0.29) is 23.9 Å². The molecule has 3 atom stereocenters. The normalized spacial score (nSPS) is 22.0. The van der Waals surface area contributed by atoms with Crippen molar-refractivity contribution in [1.82, 2.24) is 14.4 Å². The summed E-state index contributed by atoms with van der Waals surface area (Å²) in [6, 6.07) is 13.7. The van der Waals surface area contributed by atoms with E-state index in [9.17, 15) is 19.8 Å². The molecule has 8 heteroatoms. The second kappa shape index (κ2) is 9.86. The number of aromatic nitrogens is 1. The molecule has 2 amide bonds. The van der Waals surface area contributed by atoms with Gasteiger partial charge in [-0.3, -0.25) is 9.69 Å². The van der Waals surface area contributed by atoms with Crippen LogP contribution in [0.3, 0.4) is 0 Å². The molecule has 44 heavy (non-hydrogen) atoms. The highest BCUT2D eigenvalue weighted by Crippen LogP contribution is 2.45. The van der Waals surface area contributed by atoms with Crippen LogP contribution < -0.4 is 0 Å². The highest BCUT2D eigenvalue weighted by Gasteiger charge is 2.54. The number of hydrogen-bond acceptors (Lipinski definition) is 4. The van der Waals surface area contributed by atoms with Crippen molar-refractivity contribution in [3.8, 4) is 11.5 Å². The monoisotopic (exact) mass is 597 g/mol. The number of amides is 2. The van der Waals surface area contributed by atoms with Gasteiger partial charge < -0.3 is 24.1 Å². The van der Waals surface area contributed by atoms with E-state index < -0.39 is 17.2 Å². The standard InChI is InChI=1S/C36H43N3O5/c1-20-26-13-10-23(33(40)38-19-24-11-14-27(38)31(24)39(34(41)42)35(2,3)4)16-30(26)44-32(20)29-15-22-9-12-25(36(5,6)43)17-28(22)37(29)18-21-7-8-21/h9-10,12-13,15-17,21,24,27,31,43H,7-8,11,14,18-19H2,1-6H3,(H,41,42)/t24?,27?,31-/m1/s1. The number of benzene rings is 2. The van der Waals surface area contributed by atoms with Crippen LogP contribution in [0.2, 0.25) is 0 Å². The first-order chi connectivity index (χ1) is 20.7. The van der Waals surface area contributed by atoms with E-state index in [2.05, 4.69) is 29.7 Å². The molecule has 2 bridgehead atoms. The van der Waals surface area contributed by atoms with Crippen molar-refractivity contribution >= 4 is 33.9 Å². The van der Waals surface area contributed by atoms with Crippen molar-refractivity contribution in [2.75, 3.05) is 6.54 Å². The molecule has 2 aliphatic carbocycles. The number of furan rings is 1. The van der Waals surface area contributed by atoms with E-state index in [1.54, 1.807) is 4.90 Å². The summed E-state index contributed by atoms with van der Waals surface area (Å²) in [6.07, 6.45) is 3.25. The molecule has 3 heterocycles. The smallest absolute Gasteiger partial charge is 0.408 e. The van der Waals surface area contributed by atoms with Crippen LogP contribution in [0.15, 0.2) is 46.9 Å². The van der Waals surface area contributed by atoms with Crippen LogP contribution in [-0.4, -0.2) is 60.7 Å². The lowest BCUT2D eigenvalue weighted by atomic mass is 9.97. The molecule has 4 aromatic rings. The zero-order valence-electron chi connectivity index (χ0n) is 26.6. The Kier molecular flexibility index (Phi) is 6.49. The summed E-state index contributed by atoms with van der Waals surface area (Å²) in [5.41, 5.74) is 3.77. The highest BCUT2D eigenvalue weighted by molar-refractivity contribution is 6.00. The van der Waals surface area contributed by atoms with Gasteiger partial charge in [0.1, 0.15) is 5.58 Å². The molecule has 8 nitrogen and oxygen atoms in total. The average molecular weight is 598 g/mol. The Balaban J connectivity index is 1.24. The third-order valence-corrected chi connectivity index (χ3v) is 10.2. The lowest BCUT2D eigenvalue weighted by Gasteiger charge is -2.40. The van der Waals surface area contributed by atoms with Gasteiger partial charge in [0, 0.05) is 46.0 Å². The minimum atomic E-state index is -0.936. The molecule has 2 unspecified atom stereocenters. The molecule has 1 aliphatic heterocycles. The Bertz CT molecular complexity index is 1800. The van der Waals surface area contributed by atoms with Crippen LogP contribution in [0.4, 0.5) is 4.79 Å². The molecule has 0 spiro atoms. The van der Waals surface area contributed by atoms with Crippen LogP contribution >= 0.6 is 0 Å². The van der Waals surface area contributed by atoms with Gasteiger partial charge in [0.05, 0.1) is 23.4 Å². The van der Waals surface area contributed by atoms with Crippen molar-refractivity contribution in [3.05, 3.63) is 59.2 Å². The summed E-state index contributed by atoms with van der Waals surface area (Å²) in [6.45, 7) is 12.9. The fourth-order valence-corrected chi connectivity index (χ4v) is 7.79. The first-order valence-corrected chi connectivity index (χ1v) is 16.0. The molecule has 2 saturated carbocycles. The number of carbonyl (C=O) groups is 2.